The minimum absolute atomic E-state index is 0.430. The van der Waals surface area contributed by atoms with Crippen molar-refractivity contribution in [2.75, 3.05) is 37.4 Å². The Morgan fingerprint density at radius 1 is 1.26 bits per heavy atom. The van der Waals surface area contributed by atoms with E-state index in [1.165, 1.54) is 44.2 Å². The number of aromatic nitrogens is 4. The summed E-state index contributed by atoms with van der Waals surface area (Å²) in [5.41, 5.74) is 1.68. The number of hydrogen-bond acceptors (Lipinski definition) is 6. The normalized spacial score (nSPS) is 27.4. The fourth-order valence-electron chi connectivity index (χ4n) is 5.40. The standard InChI is InChI=1S/C20H29N7/c1-26(2)12-20-10-15(11-20)27(13-20)19-21-8-7-17(23-19)22-18-9-16(24-25-18)14-5-3-4-6-14/h7-9,14-15H,3-6,10-13H2,1-2H3,(H2,21,22,23,24,25). The van der Waals surface area contributed by atoms with Crippen molar-refractivity contribution in [3.8, 4) is 0 Å². The lowest BCUT2D eigenvalue weighted by atomic mass is 9.70. The minimum Gasteiger partial charge on any atom is -0.337 e. The second-order valence-electron chi connectivity index (χ2n) is 8.98. The Morgan fingerprint density at radius 3 is 2.85 bits per heavy atom. The first-order chi connectivity index (χ1) is 13.1. The zero-order valence-corrected chi connectivity index (χ0v) is 16.3. The maximum absolute atomic E-state index is 4.78. The summed E-state index contributed by atoms with van der Waals surface area (Å²) in [5, 5.41) is 11.0. The lowest BCUT2D eigenvalue weighted by Crippen LogP contribution is -2.41. The molecule has 0 unspecified atom stereocenters. The second kappa shape index (κ2) is 6.48. The van der Waals surface area contributed by atoms with Crippen molar-refractivity contribution in [1.82, 2.24) is 25.1 Å². The molecule has 2 aliphatic heterocycles. The number of rotatable bonds is 6. The van der Waals surface area contributed by atoms with E-state index in [4.69, 9.17) is 4.98 Å². The van der Waals surface area contributed by atoms with Crippen LogP contribution in [0.2, 0.25) is 0 Å². The smallest absolute Gasteiger partial charge is 0.227 e. The molecule has 27 heavy (non-hydrogen) atoms. The van der Waals surface area contributed by atoms with Crippen LogP contribution in [0.1, 0.15) is 50.1 Å². The lowest BCUT2D eigenvalue weighted by Gasteiger charge is -2.38. The van der Waals surface area contributed by atoms with Crippen LogP contribution in [-0.4, -0.2) is 58.3 Å². The molecular weight excluding hydrogens is 338 g/mol. The highest BCUT2D eigenvalue weighted by atomic mass is 15.3. The zero-order chi connectivity index (χ0) is 18.4. The van der Waals surface area contributed by atoms with Gasteiger partial charge in [0.15, 0.2) is 5.82 Å². The number of nitrogens with zero attached hydrogens (tertiary/aromatic N) is 5. The van der Waals surface area contributed by atoms with E-state index >= 15 is 0 Å². The first-order valence-corrected chi connectivity index (χ1v) is 10.2. The number of H-pyrrole nitrogens is 1. The van der Waals surface area contributed by atoms with E-state index < -0.39 is 0 Å². The van der Waals surface area contributed by atoms with Crippen molar-refractivity contribution in [2.24, 2.45) is 5.41 Å². The average molecular weight is 368 g/mol. The Bertz CT molecular complexity index is 802. The maximum Gasteiger partial charge on any atom is 0.227 e. The summed E-state index contributed by atoms with van der Waals surface area (Å²) in [6.45, 7) is 2.21. The van der Waals surface area contributed by atoms with Crippen LogP contribution in [-0.2, 0) is 0 Å². The van der Waals surface area contributed by atoms with Gasteiger partial charge in [-0.3, -0.25) is 5.10 Å². The molecule has 2 N–H and O–H groups in total. The molecule has 2 saturated heterocycles. The summed E-state index contributed by atoms with van der Waals surface area (Å²) in [5.74, 6) is 3.14. The molecule has 2 saturated carbocycles. The predicted octanol–water partition coefficient (Wildman–Crippen LogP) is 3.13. The van der Waals surface area contributed by atoms with Gasteiger partial charge in [-0.15, -0.1) is 0 Å². The minimum atomic E-state index is 0.430. The second-order valence-corrected chi connectivity index (χ2v) is 8.98. The molecule has 4 heterocycles. The highest BCUT2D eigenvalue weighted by molar-refractivity contribution is 5.54. The SMILES string of the molecule is CN(C)CC12CC(C1)N(c1nccc(Nc3cc(C4CCCC4)[nH]n3)n1)C2. The summed E-state index contributed by atoms with van der Waals surface area (Å²) in [6, 6.07) is 4.65. The van der Waals surface area contributed by atoms with E-state index in [0.29, 0.717) is 17.4 Å². The molecule has 4 aliphatic rings. The molecule has 0 spiro atoms. The van der Waals surface area contributed by atoms with E-state index in [1.807, 2.05) is 12.3 Å². The molecule has 0 radical (unpaired) electrons. The van der Waals surface area contributed by atoms with E-state index in [-0.39, 0.29) is 0 Å². The zero-order valence-electron chi connectivity index (χ0n) is 16.3. The molecule has 2 aromatic heterocycles. The monoisotopic (exact) mass is 367 g/mol. The Hall–Kier alpha value is -2.15. The number of anilines is 3. The molecule has 2 bridgehead atoms. The number of nitrogens with one attached hydrogen (secondary N) is 2. The molecule has 7 nitrogen and oxygen atoms in total. The van der Waals surface area contributed by atoms with E-state index in [2.05, 4.69) is 50.5 Å². The van der Waals surface area contributed by atoms with Crippen LogP contribution < -0.4 is 10.2 Å². The van der Waals surface area contributed by atoms with Crippen molar-refractivity contribution in [1.29, 1.82) is 0 Å². The molecule has 144 valence electrons. The predicted molar refractivity (Wildman–Crippen MR) is 106 cm³/mol. The van der Waals surface area contributed by atoms with Crippen LogP contribution in [0, 0.1) is 5.41 Å². The number of fused-ring (bicyclic) bond motifs is 1. The molecule has 0 aromatic carbocycles. The van der Waals surface area contributed by atoms with Gasteiger partial charge in [0.25, 0.3) is 0 Å². The first-order valence-electron chi connectivity index (χ1n) is 10.2. The van der Waals surface area contributed by atoms with Crippen LogP contribution in [0.25, 0.3) is 0 Å². The summed E-state index contributed by atoms with van der Waals surface area (Å²) < 4.78 is 0. The maximum atomic E-state index is 4.78. The van der Waals surface area contributed by atoms with Gasteiger partial charge in [0.05, 0.1) is 0 Å². The highest BCUT2D eigenvalue weighted by Gasteiger charge is 2.55. The molecule has 0 atom stereocenters. The summed E-state index contributed by atoms with van der Waals surface area (Å²) in [6.07, 6.45) is 9.56. The van der Waals surface area contributed by atoms with Crippen molar-refractivity contribution >= 4 is 17.6 Å². The van der Waals surface area contributed by atoms with Crippen LogP contribution in [0.15, 0.2) is 18.3 Å². The van der Waals surface area contributed by atoms with Gasteiger partial charge in [-0.2, -0.15) is 10.1 Å². The molecule has 7 heteroatoms. The van der Waals surface area contributed by atoms with Gasteiger partial charge in [0.1, 0.15) is 5.82 Å². The van der Waals surface area contributed by atoms with Crippen LogP contribution in [0.3, 0.4) is 0 Å². The molecule has 6 rings (SSSR count). The highest BCUT2D eigenvalue weighted by Crippen LogP contribution is 2.52. The Kier molecular flexibility index (Phi) is 4.07. The van der Waals surface area contributed by atoms with E-state index in [1.54, 1.807) is 0 Å². The van der Waals surface area contributed by atoms with Gasteiger partial charge in [0.2, 0.25) is 5.95 Å². The largest absolute Gasteiger partial charge is 0.337 e. The van der Waals surface area contributed by atoms with Crippen LogP contribution in [0.4, 0.5) is 17.6 Å². The van der Waals surface area contributed by atoms with Crippen LogP contribution >= 0.6 is 0 Å². The fourth-order valence-corrected chi connectivity index (χ4v) is 5.40. The third-order valence-electron chi connectivity index (χ3n) is 6.48. The van der Waals surface area contributed by atoms with E-state index in [9.17, 15) is 0 Å². The first kappa shape index (κ1) is 17.0. The number of aromatic amines is 1. The molecule has 4 fully saturated rings. The molecular formula is C20H29N7. The third-order valence-corrected chi connectivity index (χ3v) is 6.48. The molecule has 0 amide bonds. The van der Waals surface area contributed by atoms with Gasteiger partial charge in [-0.05, 0) is 45.8 Å². The summed E-state index contributed by atoms with van der Waals surface area (Å²) in [4.78, 5) is 14.0. The Labute approximate surface area is 160 Å². The quantitative estimate of drug-likeness (QED) is 0.817. The van der Waals surface area contributed by atoms with Gasteiger partial charge < -0.3 is 15.1 Å². The van der Waals surface area contributed by atoms with Crippen molar-refractivity contribution in [3.05, 3.63) is 24.0 Å². The van der Waals surface area contributed by atoms with Crippen molar-refractivity contribution in [3.63, 3.8) is 0 Å². The topological polar surface area (TPSA) is 73.0 Å². The van der Waals surface area contributed by atoms with Gasteiger partial charge in [0, 0.05) is 48.4 Å². The Morgan fingerprint density at radius 2 is 2.07 bits per heavy atom. The lowest BCUT2D eigenvalue weighted by molar-refractivity contribution is 0.141. The third kappa shape index (κ3) is 3.18. The van der Waals surface area contributed by atoms with Crippen molar-refractivity contribution in [2.45, 2.75) is 50.5 Å². The fraction of sp³-hybridized carbons (Fsp3) is 0.650. The van der Waals surface area contributed by atoms with Gasteiger partial charge in [-0.25, -0.2) is 4.98 Å². The van der Waals surface area contributed by atoms with Crippen LogP contribution in [0.5, 0.6) is 0 Å². The van der Waals surface area contributed by atoms with E-state index in [0.717, 1.165) is 30.7 Å². The van der Waals surface area contributed by atoms with Gasteiger partial charge in [-0.1, -0.05) is 12.8 Å². The molecule has 2 aliphatic carbocycles. The van der Waals surface area contributed by atoms with Crippen molar-refractivity contribution < 1.29 is 0 Å². The Balaban J connectivity index is 1.28. The summed E-state index contributed by atoms with van der Waals surface area (Å²) >= 11 is 0. The molecule has 2 aromatic rings. The number of hydrogen-bond donors (Lipinski definition) is 2. The average Bonchev–Trinajstić information content (AvgIpc) is 3.37. The van der Waals surface area contributed by atoms with Gasteiger partial charge >= 0.3 is 0 Å². The summed E-state index contributed by atoms with van der Waals surface area (Å²) in [7, 11) is 4.32.